The topological polar surface area (TPSA) is 107 Å². The second kappa shape index (κ2) is 4.98. The van der Waals surface area contributed by atoms with Gasteiger partial charge in [0.2, 0.25) is 0 Å². The molecule has 1 heterocycles. The second-order valence-electron chi connectivity index (χ2n) is 6.12. The molecule has 0 aromatic heterocycles. The smallest absolute Gasteiger partial charge is 0.335 e. The van der Waals surface area contributed by atoms with Gasteiger partial charge in [0.05, 0.1) is 23.4 Å². The van der Waals surface area contributed by atoms with Crippen molar-refractivity contribution in [1.82, 2.24) is 0 Å². The van der Waals surface area contributed by atoms with Crippen molar-refractivity contribution in [2.75, 3.05) is 0 Å². The van der Waals surface area contributed by atoms with Gasteiger partial charge in [-0.2, -0.15) is 0 Å². The molecule has 1 aromatic rings. The van der Waals surface area contributed by atoms with Crippen LogP contribution in [0.5, 0.6) is 5.75 Å². The van der Waals surface area contributed by atoms with E-state index in [0.717, 1.165) is 6.07 Å². The van der Waals surface area contributed by atoms with Crippen LogP contribution in [0.15, 0.2) is 18.2 Å². The predicted octanol–water partition coefficient (Wildman–Crippen LogP) is 1.23. The van der Waals surface area contributed by atoms with Crippen LogP contribution >= 0.6 is 0 Å². The van der Waals surface area contributed by atoms with Crippen LogP contribution in [0.1, 0.15) is 43.1 Å². The third-order valence-corrected chi connectivity index (χ3v) is 4.14. The molecular weight excluding hydrogens is 276 g/mol. The van der Waals surface area contributed by atoms with E-state index in [1.54, 1.807) is 20.8 Å². The van der Waals surface area contributed by atoms with Gasteiger partial charge in [0.15, 0.2) is 0 Å². The molecule has 0 unspecified atom stereocenters. The maximum absolute atomic E-state index is 10.9. The van der Waals surface area contributed by atoms with Crippen LogP contribution in [0.3, 0.4) is 0 Å². The molecule has 0 amide bonds. The molecule has 0 bridgehead atoms. The Kier molecular flexibility index (Phi) is 3.73. The Labute approximate surface area is 122 Å². The number of hydrogen-bond donors (Lipinski definition) is 4. The summed E-state index contributed by atoms with van der Waals surface area (Å²) in [6.45, 7) is 5.01. The quantitative estimate of drug-likeness (QED) is 0.654. The number of phenols is 1. The summed E-state index contributed by atoms with van der Waals surface area (Å²) in [5.74, 6) is -1.41. The van der Waals surface area contributed by atoms with Crippen LogP contribution in [0.4, 0.5) is 0 Å². The van der Waals surface area contributed by atoms with E-state index in [1.807, 2.05) is 0 Å². The summed E-state index contributed by atoms with van der Waals surface area (Å²) in [7, 11) is 0. The molecule has 2 rings (SSSR count). The maximum atomic E-state index is 10.9. The summed E-state index contributed by atoms with van der Waals surface area (Å²) >= 11 is 0. The number of benzene rings is 1. The minimum Gasteiger partial charge on any atom is -0.508 e. The number of aliphatic hydroxyl groups excluding tert-OH is 2. The highest BCUT2D eigenvalue weighted by atomic mass is 16.6. The molecule has 1 aliphatic heterocycles. The molecule has 1 aromatic carbocycles. The number of aromatic carboxylic acids is 1. The number of hydrogen-bond acceptors (Lipinski definition) is 5. The Morgan fingerprint density at radius 2 is 1.86 bits per heavy atom. The van der Waals surface area contributed by atoms with Crippen molar-refractivity contribution in [3.05, 3.63) is 29.3 Å². The van der Waals surface area contributed by atoms with Gasteiger partial charge in [-0.15, -0.1) is 0 Å². The molecule has 116 valence electrons. The summed E-state index contributed by atoms with van der Waals surface area (Å²) in [4.78, 5) is 10.9. The average Bonchev–Trinajstić information content (AvgIpc) is 2.35. The van der Waals surface area contributed by atoms with Gasteiger partial charge >= 0.3 is 5.97 Å². The lowest BCUT2D eigenvalue weighted by atomic mass is 9.79. The van der Waals surface area contributed by atoms with Gasteiger partial charge in [0.1, 0.15) is 11.4 Å². The lowest BCUT2D eigenvalue weighted by Gasteiger charge is -2.49. The highest BCUT2D eigenvalue weighted by Gasteiger charge is 2.50. The Hall–Kier alpha value is -1.63. The first-order valence-electron chi connectivity index (χ1n) is 6.71. The van der Waals surface area contributed by atoms with Crippen LogP contribution in [0.2, 0.25) is 0 Å². The number of carboxylic acid groups (broad SMARTS) is 1. The fraction of sp³-hybridized carbons (Fsp3) is 0.533. The molecule has 0 spiro atoms. The van der Waals surface area contributed by atoms with Crippen molar-refractivity contribution in [2.24, 2.45) is 0 Å². The molecule has 0 radical (unpaired) electrons. The minimum atomic E-state index is -1.23. The fourth-order valence-electron chi connectivity index (χ4n) is 2.72. The number of aliphatic hydroxyl groups is 2. The fourth-order valence-corrected chi connectivity index (χ4v) is 2.72. The number of carbonyl (C=O) groups is 1. The molecule has 0 saturated carbocycles. The van der Waals surface area contributed by atoms with Crippen LogP contribution in [-0.2, 0) is 10.3 Å². The van der Waals surface area contributed by atoms with E-state index in [0.29, 0.717) is 5.56 Å². The van der Waals surface area contributed by atoms with E-state index in [2.05, 4.69) is 0 Å². The number of aromatic hydroxyl groups is 1. The maximum Gasteiger partial charge on any atom is 0.335 e. The van der Waals surface area contributed by atoms with Crippen LogP contribution in [0.25, 0.3) is 0 Å². The molecule has 6 heteroatoms. The van der Waals surface area contributed by atoms with Crippen molar-refractivity contribution < 1.29 is 30.0 Å². The monoisotopic (exact) mass is 296 g/mol. The molecule has 1 saturated heterocycles. The number of ether oxygens (including phenoxy) is 1. The van der Waals surface area contributed by atoms with Crippen molar-refractivity contribution in [3.63, 3.8) is 0 Å². The van der Waals surface area contributed by atoms with E-state index >= 15 is 0 Å². The minimum absolute atomic E-state index is 0.0514. The molecule has 6 nitrogen and oxygen atoms in total. The Morgan fingerprint density at radius 3 is 2.38 bits per heavy atom. The van der Waals surface area contributed by atoms with Gasteiger partial charge < -0.3 is 25.2 Å². The van der Waals surface area contributed by atoms with E-state index in [1.165, 1.54) is 12.1 Å². The predicted molar refractivity (Wildman–Crippen MR) is 74.2 cm³/mol. The highest BCUT2D eigenvalue weighted by molar-refractivity contribution is 5.88. The van der Waals surface area contributed by atoms with Gasteiger partial charge in [-0.1, -0.05) is 6.07 Å². The Morgan fingerprint density at radius 1 is 1.24 bits per heavy atom. The summed E-state index contributed by atoms with van der Waals surface area (Å²) in [6, 6.07) is 3.89. The lowest BCUT2D eigenvalue weighted by Crippen LogP contribution is -2.57. The van der Waals surface area contributed by atoms with Gasteiger partial charge in [-0.05, 0) is 32.9 Å². The van der Waals surface area contributed by atoms with Crippen LogP contribution in [-0.4, -0.2) is 44.2 Å². The number of phenolic OH excluding ortho intramolecular Hbond substituents is 1. The first-order valence-corrected chi connectivity index (χ1v) is 6.71. The van der Waals surface area contributed by atoms with E-state index < -0.39 is 29.4 Å². The third kappa shape index (κ3) is 2.62. The van der Waals surface area contributed by atoms with Gasteiger partial charge in [-0.3, -0.25) is 0 Å². The molecular formula is C15H20O6. The summed E-state index contributed by atoms with van der Waals surface area (Å²) in [5, 5.41) is 39.2. The zero-order valence-electron chi connectivity index (χ0n) is 12.2. The van der Waals surface area contributed by atoms with E-state index in [4.69, 9.17) is 9.84 Å². The second-order valence-corrected chi connectivity index (χ2v) is 6.12. The SMILES string of the molecule is CC1(C)O[C@@](C)(c2ccc(C(=O)O)cc2O)[C@H](O)C[C@@H]1O. The van der Waals surface area contributed by atoms with Gasteiger partial charge in [0, 0.05) is 12.0 Å². The van der Waals surface area contributed by atoms with Crippen molar-refractivity contribution in [1.29, 1.82) is 0 Å². The zero-order valence-corrected chi connectivity index (χ0v) is 12.2. The van der Waals surface area contributed by atoms with Crippen molar-refractivity contribution in [3.8, 4) is 5.75 Å². The molecule has 1 aliphatic rings. The molecule has 1 fully saturated rings. The molecule has 21 heavy (non-hydrogen) atoms. The largest absolute Gasteiger partial charge is 0.508 e. The van der Waals surface area contributed by atoms with Crippen molar-refractivity contribution >= 4 is 5.97 Å². The van der Waals surface area contributed by atoms with Crippen LogP contribution in [0, 0.1) is 0 Å². The molecule has 4 N–H and O–H groups in total. The summed E-state index contributed by atoms with van der Waals surface area (Å²) in [5.41, 5.74) is -1.89. The lowest BCUT2D eigenvalue weighted by molar-refractivity contribution is -0.262. The number of carboxylic acids is 1. The standard InChI is InChI=1S/C15H20O6/c1-14(2)11(17)7-12(18)15(3,21-14)9-5-4-8(13(19)20)6-10(9)16/h4-6,11-12,16-18H,7H2,1-3H3,(H,19,20)/t11-,12+,15-/m0/s1. The molecule has 3 atom stereocenters. The Bertz CT molecular complexity index is 567. The van der Waals surface area contributed by atoms with E-state index in [9.17, 15) is 20.1 Å². The first kappa shape index (κ1) is 15.8. The normalized spacial score (nSPS) is 31.9. The number of rotatable bonds is 2. The first-order chi connectivity index (χ1) is 9.58. The highest BCUT2D eigenvalue weighted by Crippen LogP contribution is 2.45. The van der Waals surface area contributed by atoms with Gasteiger partial charge in [-0.25, -0.2) is 4.79 Å². The summed E-state index contributed by atoms with van der Waals surface area (Å²) in [6.07, 6.45) is -1.76. The third-order valence-electron chi connectivity index (χ3n) is 4.14. The van der Waals surface area contributed by atoms with Crippen molar-refractivity contribution in [2.45, 2.75) is 50.6 Å². The van der Waals surface area contributed by atoms with Gasteiger partial charge in [0.25, 0.3) is 0 Å². The van der Waals surface area contributed by atoms with E-state index in [-0.39, 0.29) is 17.7 Å². The Balaban J connectivity index is 2.46. The summed E-state index contributed by atoms with van der Waals surface area (Å²) < 4.78 is 5.85. The molecule has 0 aliphatic carbocycles. The average molecular weight is 296 g/mol. The zero-order chi connectivity index (χ0) is 16.0. The van der Waals surface area contributed by atoms with Crippen LogP contribution < -0.4 is 0 Å².